The Morgan fingerprint density at radius 1 is 1.22 bits per heavy atom. The molecule has 0 bridgehead atoms. The van der Waals surface area contributed by atoms with E-state index in [1.54, 1.807) is 30.4 Å². The Bertz CT molecular complexity index is 899. The summed E-state index contributed by atoms with van der Waals surface area (Å²) in [4.78, 5) is 15.9. The number of likely N-dealkylation sites (tertiary alicyclic amines) is 1. The summed E-state index contributed by atoms with van der Waals surface area (Å²) in [6.07, 6.45) is 4.81. The first-order chi connectivity index (χ1) is 13.3. The number of hydrogen-bond acceptors (Lipinski definition) is 6. The van der Waals surface area contributed by atoms with Crippen molar-refractivity contribution in [2.24, 2.45) is 0 Å². The molecule has 0 radical (unpaired) electrons. The highest BCUT2D eigenvalue weighted by atomic mass is 32.2. The van der Waals surface area contributed by atoms with Crippen molar-refractivity contribution >= 4 is 17.7 Å². The molecule has 140 valence electrons. The molecule has 6 nitrogen and oxygen atoms in total. The Kier molecular flexibility index (Phi) is 5.29. The Balaban J connectivity index is 1.41. The van der Waals surface area contributed by atoms with Gasteiger partial charge in [-0.05, 0) is 36.8 Å². The first-order valence-electron chi connectivity index (χ1n) is 9.13. The van der Waals surface area contributed by atoms with Gasteiger partial charge in [-0.3, -0.25) is 4.79 Å². The predicted molar refractivity (Wildman–Crippen MR) is 103 cm³/mol. The second kappa shape index (κ2) is 8.00. The Hall–Kier alpha value is -2.54. The zero-order chi connectivity index (χ0) is 18.6. The van der Waals surface area contributed by atoms with Crippen LogP contribution in [-0.4, -0.2) is 39.8 Å². The lowest BCUT2D eigenvalue weighted by Gasteiger charge is -2.31. The van der Waals surface area contributed by atoms with Crippen molar-refractivity contribution in [1.29, 1.82) is 0 Å². The molecular weight excluding hydrogens is 362 g/mol. The highest BCUT2D eigenvalue weighted by Crippen LogP contribution is 2.31. The molecule has 0 atom stereocenters. The summed E-state index contributed by atoms with van der Waals surface area (Å²) < 4.78 is 10.9. The van der Waals surface area contributed by atoms with Crippen LogP contribution >= 0.6 is 11.8 Å². The van der Waals surface area contributed by atoms with Crippen LogP contribution in [0.3, 0.4) is 0 Å². The van der Waals surface area contributed by atoms with Crippen LogP contribution in [0.2, 0.25) is 0 Å². The molecule has 27 heavy (non-hydrogen) atoms. The monoisotopic (exact) mass is 383 g/mol. The number of carbonyl (C=O) groups is 1. The fourth-order valence-corrected chi connectivity index (χ4v) is 4.12. The number of piperidine rings is 1. The van der Waals surface area contributed by atoms with Crippen LogP contribution in [0.25, 0.3) is 11.5 Å². The zero-order valence-corrected chi connectivity index (χ0v) is 15.9. The van der Waals surface area contributed by atoms with Crippen LogP contribution in [0.4, 0.5) is 0 Å². The molecule has 1 saturated heterocycles. The molecule has 0 aliphatic carbocycles. The van der Waals surface area contributed by atoms with Crippen molar-refractivity contribution in [2.45, 2.75) is 30.6 Å². The van der Waals surface area contributed by atoms with Gasteiger partial charge in [0.2, 0.25) is 5.89 Å². The molecule has 1 aliphatic heterocycles. The summed E-state index contributed by atoms with van der Waals surface area (Å²) in [5.41, 5.74) is 1.58. The summed E-state index contributed by atoms with van der Waals surface area (Å²) in [7, 11) is 0. The quantitative estimate of drug-likeness (QED) is 0.606. The Morgan fingerprint density at radius 3 is 2.78 bits per heavy atom. The number of hydrogen-bond donors (Lipinski definition) is 0. The maximum atomic E-state index is 12.9. The number of carbonyl (C=O) groups excluding carboxylic acids is 1. The van der Waals surface area contributed by atoms with Crippen molar-refractivity contribution in [3.63, 3.8) is 0 Å². The van der Waals surface area contributed by atoms with Crippen molar-refractivity contribution in [3.8, 4) is 11.5 Å². The van der Waals surface area contributed by atoms with Gasteiger partial charge in [0.25, 0.3) is 11.8 Å². The van der Waals surface area contributed by atoms with E-state index >= 15 is 0 Å². The second-order valence-corrected chi connectivity index (χ2v) is 7.76. The largest absolute Gasteiger partial charge is 0.472 e. The van der Waals surface area contributed by atoms with Crippen molar-refractivity contribution in [1.82, 2.24) is 15.1 Å². The molecule has 2 aromatic heterocycles. The predicted octanol–water partition coefficient (Wildman–Crippen LogP) is 4.46. The maximum absolute atomic E-state index is 12.9. The molecule has 0 unspecified atom stereocenters. The first-order valence-corrected chi connectivity index (χ1v) is 10.1. The highest BCUT2D eigenvalue weighted by molar-refractivity contribution is 7.99. The van der Waals surface area contributed by atoms with E-state index in [1.165, 1.54) is 0 Å². The van der Waals surface area contributed by atoms with Gasteiger partial charge in [0.15, 0.2) is 0 Å². The topological polar surface area (TPSA) is 72.4 Å². The molecule has 7 heteroatoms. The molecule has 4 rings (SSSR count). The second-order valence-electron chi connectivity index (χ2n) is 6.45. The fraction of sp³-hybridized carbons (Fsp3) is 0.350. The van der Waals surface area contributed by atoms with Gasteiger partial charge in [0.1, 0.15) is 6.26 Å². The standard InChI is InChI=1S/C20H21N3O3S/c1-2-27-17-6-4-3-5-16(17)20(24)23-10-7-14(8-11-23)18-21-22-19(26-18)15-9-12-25-13-15/h3-6,9,12-14H,2,7-8,10-11H2,1H3. The van der Waals surface area contributed by atoms with E-state index in [9.17, 15) is 4.79 Å². The zero-order valence-electron chi connectivity index (χ0n) is 15.1. The third kappa shape index (κ3) is 3.78. The number of aromatic nitrogens is 2. The van der Waals surface area contributed by atoms with Gasteiger partial charge < -0.3 is 13.7 Å². The summed E-state index contributed by atoms with van der Waals surface area (Å²) in [5, 5.41) is 8.30. The average Bonchev–Trinajstić information content (AvgIpc) is 3.40. The van der Waals surface area contributed by atoms with Gasteiger partial charge in [-0.25, -0.2) is 0 Å². The number of benzene rings is 1. The van der Waals surface area contributed by atoms with Gasteiger partial charge in [-0.15, -0.1) is 22.0 Å². The minimum atomic E-state index is 0.106. The van der Waals surface area contributed by atoms with Gasteiger partial charge in [0, 0.05) is 23.9 Å². The minimum absolute atomic E-state index is 0.106. The van der Waals surface area contributed by atoms with E-state index in [0.717, 1.165) is 34.6 Å². The molecule has 1 fully saturated rings. The van der Waals surface area contributed by atoms with Crippen LogP contribution in [-0.2, 0) is 0 Å². The SMILES string of the molecule is CCSc1ccccc1C(=O)N1CCC(c2nnc(-c3ccoc3)o2)CC1. The van der Waals surface area contributed by atoms with E-state index < -0.39 is 0 Å². The molecule has 0 saturated carbocycles. The molecule has 1 aromatic carbocycles. The first kappa shape index (κ1) is 17.9. The molecule has 1 aliphatic rings. The third-order valence-corrected chi connectivity index (χ3v) is 5.71. The van der Waals surface area contributed by atoms with E-state index in [4.69, 9.17) is 8.83 Å². The van der Waals surface area contributed by atoms with Crippen molar-refractivity contribution < 1.29 is 13.6 Å². The smallest absolute Gasteiger partial charge is 0.254 e. The lowest BCUT2D eigenvalue weighted by molar-refractivity contribution is 0.0703. The number of thioether (sulfide) groups is 1. The number of amides is 1. The lowest BCUT2D eigenvalue weighted by Crippen LogP contribution is -2.38. The van der Waals surface area contributed by atoms with E-state index in [2.05, 4.69) is 17.1 Å². The molecule has 3 aromatic rings. The average molecular weight is 383 g/mol. The van der Waals surface area contributed by atoms with Crippen LogP contribution < -0.4 is 0 Å². The van der Waals surface area contributed by atoms with Crippen LogP contribution in [0.5, 0.6) is 0 Å². The molecule has 1 amide bonds. The van der Waals surface area contributed by atoms with Gasteiger partial charge in [-0.1, -0.05) is 19.1 Å². The van der Waals surface area contributed by atoms with E-state index in [0.29, 0.717) is 24.9 Å². The summed E-state index contributed by atoms with van der Waals surface area (Å²) in [6, 6.07) is 9.64. The van der Waals surface area contributed by atoms with Gasteiger partial charge in [0.05, 0.1) is 17.4 Å². The number of nitrogens with zero attached hydrogens (tertiary/aromatic N) is 3. The highest BCUT2D eigenvalue weighted by Gasteiger charge is 2.28. The van der Waals surface area contributed by atoms with Crippen molar-refractivity contribution in [2.75, 3.05) is 18.8 Å². The van der Waals surface area contributed by atoms with Gasteiger partial charge >= 0.3 is 0 Å². The third-order valence-electron chi connectivity index (χ3n) is 4.76. The maximum Gasteiger partial charge on any atom is 0.254 e. The van der Waals surface area contributed by atoms with Crippen LogP contribution in [0.1, 0.15) is 41.9 Å². The molecule has 0 N–H and O–H groups in total. The number of rotatable bonds is 5. The Morgan fingerprint density at radius 2 is 2.04 bits per heavy atom. The van der Waals surface area contributed by atoms with Gasteiger partial charge in [-0.2, -0.15) is 0 Å². The summed E-state index contributed by atoms with van der Waals surface area (Å²) in [5.74, 6) is 2.35. The van der Waals surface area contributed by atoms with Crippen LogP contribution in [0, 0.1) is 0 Å². The molecule has 0 spiro atoms. The molecule has 3 heterocycles. The lowest BCUT2D eigenvalue weighted by atomic mass is 9.96. The number of furan rings is 1. The van der Waals surface area contributed by atoms with E-state index in [-0.39, 0.29) is 11.8 Å². The summed E-state index contributed by atoms with van der Waals surface area (Å²) >= 11 is 1.70. The Labute approximate surface area is 162 Å². The minimum Gasteiger partial charge on any atom is -0.472 e. The molecular formula is C20H21N3O3S. The van der Waals surface area contributed by atoms with Crippen LogP contribution in [0.15, 0.2) is 56.6 Å². The fourth-order valence-electron chi connectivity index (χ4n) is 3.33. The van der Waals surface area contributed by atoms with E-state index in [1.807, 2.05) is 29.2 Å². The van der Waals surface area contributed by atoms with Crippen molar-refractivity contribution in [3.05, 3.63) is 54.3 Å². The summed E-state index contributed by atoms with van der Waals surface area (Å²) in [6.45, 7) is 3.48. The normalized spacial score (nSPS) is 15.2.